The SMILES string of the molecule is CCCc1c(CCC)c(OC(=O)O)c(O)c([N+](=O)[O-])c1CCC. The highest BCUT2D eigenvalue weighted by Gasteiger charge is 2.31. The number of hydrogen-bond donors (Lipinski definition) is 2. The van der Waals surface area contributed by atoms with Crippen molar-refractivity contribution in [2.75, 3.05) is 0 Å². The standard InChI is InChI=1S/C16H23NO6/c1-4-7-10-11(8-5-2)13(17(21)22)14(18)15(23-16(19)20)12(10)9-6-3/h18H,4-9H2,1-3H3,(H,19,20). The summed E-state index contributed by atoms with van der Waals surface area (Å²) in [6, 6.07) is 0. The molecule has 0 radical (unpaired) electrons. The van der Waals surface area contributed by atoms with Gasteiger partial charge in [-0.3, -0.25) is 10.1 Å². The van der Waals surface area contributed by atoms with Crippen LogP contribution in [0.25, 0.3) is 0 Å². The van der Waals surface area contributed by atoms with Gasteiger partial charge in [0.05, 0.1) is 4.92 Å². The van der Waals surface area contributed by atoms with Crippen LogP contribution in [0.5, 0.6) is 11.5 Å². The third kappa shape index (κ3) is 4.12. The van der Waals surface area contributed by atoms with Gasteiger partial charge in [-0.05, 0) is 24.8 Å². The highest BCUT2D eigenvalue weighted by atomic mass is 16.7. The first-order chi connectivity index (χ1) is 10.9. The van der Waals surface area contributed by atoms with E-state index in [1.807, 2.05) is 20.8 Å². The van der Waals surface area contributed by atoms with Crippen LogP contribution < -0.4 is 4.74 Å². The molecular weight excluding hydrogens is 302 g/mol. The Labute approximate surface area is 135 Å². The molecule has 0 aliphatic heterocycles. The maximum atomic E-state index is 11.4. The average molecular weight is 325 g/mol. The second kappa shape index (κ2) is 8.36. The molecule has 1 aromatic carbocycles. The van der Waals surface area contributed by atoms with Gasteiger partial charge >= 0.3 is 11.8 Å². The molecule has 2 N–H and O–H groups in total. The third-order valence-corrected chi connectivity index (χ3v) is 3.60. The first kappa shape index (κ1) is 18.7. The lowest BCUT2D eigenvalue weighted by Crippen LogP contribution is -2.12. The normalized spacial score (nSPS) is 10.6. The third-order valence-electron chi connectivity index (χ3n) is 3.60. The number of nitro benzene ring substituents is 1. The molecule has 0 unspecified atom stereocenters. The topological polar surface area (TPSA) is 110 Å². The van der Waals surface area contributed by atoms with Crippen LogP contribution >= 0.6 is 0 Å². The van der Waals surface area contributed by atoms with Gasteiger partial charge in [0, 0.05) is 11.1 Å². The molecule has 0 amide bonds. The van der Waals surface area contributed by atoms with Crippen LogP contribution in [0.2, 0.25) is 0 Å². The summed E-state index contributed by atoms with van der Waals surface area (Å²) in [7, 11) is 0. The predicted octanol–water partition coefficient (Wildman–Crippen LogP) is 4.21. The summed E-state index contributed by atoms with van der Waals surface area (Å²) in [5.41, 5.74) is 1.34. The van der Waals surface area contributed by atoms with E-state index in [2.05, 4.69) is 0 Å². The van der Waals surface area contributed by atoms with Crippen LogP contribution in [-0.4, -0.2) is 21.3 Å². The van der Waals surface area contributed by atoms with Gasteiger partial charge in [0.25, 0.3) is 0 Å². The Morgan fingerprint density at radius 2 is 1.52 bits per heavy atom. The molecule has 0 spiro atoms. The molecule has 128 valence electrons. The largest absolute Gasteiger partial charge is 0.511 e. The Bertz CT molecular complexity index is 597. The summed E-state index contributed by atoms with van der Waals surface area (Å²) in [5.74, 6) is -0.987. The minimum absolute atomic E-state index is 0.297. The number of rotatable bonds is 8. The summed E-state index contributed by atoms with van der Waals surface area (Å²) in [6.07, 6.45) is 2.04. The molecule has 1 rings (SSSR count). The van der Waals surface area contributed by atoms with Gasteiger partial charge in [-0.25, -0.2) is 4.79 Å². The molecule has 1 aromatic rings. The fraction of sp³-hybridized carbons (Fsp3) is 0.562. The zero-order valence-corrected chi connectivity index (χ0v) is 13.7. The van der Waals surface area contributed by atoms with Gasteiger partial charge in [-0.1, -0.05) is 40.0 Å². The lowest BCUT2D eigenvalue weighted by atomic mass is 9.89. The second-order valence-electron chi connectivity index (χ2n) is 5.34. The van der Waals surface area contributed by atoms with Crippen molar-refractivity contribution in [3.05, 3.63) is 26.8 Å². The molecule has 7 heteroatoms. The zero-order valence-electron chi connectivity index (χ0n) is 13.7. The maximum Gasteiger partial charge on any atom is 0.511 e. The predicted molar refractivity (Wildman–Crippen MR) is 85.4 cm³/mol. The smallest absolute Gasteiger partial charge is 0.499 e. The minimum atomic E-state index is -1.60. The molecule has 0 bridgehead atoms. The van der Waals surface area contributed by atoms with Gasteiger partial charge in [0.2, 0.25) is 5.75 Å². The number of benzene rings is 1. The van der Waals surface area contributed by atoms with Gasteiger partial charge in [-0.15, -0.1) is 0 Å². The van der Waals surface area contributed by atoms with Gasteiger partial charge < -0.3 is 14.9 Å². The average Bonchev–Trinajstić information content (AvgIpc) is 2.46. The highest BCUT2D eigenvalue weighted by molar-refractivity contribution is 5.72. The zero-order chi connectivity index (χ0) is 17.6. The molecule has 0 heterocycles. The number of nitrogens with zero attached hydrogens (tertiary/aromatic N) is 1. The molecular formula is C16H23NO6. The van der Waals surface area contributed by atoms with Crippen molar-refractivity contribution in [3.63, 3.8) is 0 Å². The Hall–Kier alpha value is -2.31. The van der Waals surface area contributed by atoms with Crippen molar-refractivity contribution < 1.29 is 24.7 Å². The second-order valence-corrected chi connectivity index (χ2v) is 5.34. The van der Waals surface area contributed by atoms with Crippen molar-refractivity contribution in [3.8, 4) is 11.5 Å². The summed E-state index contributed by atoms with van der Waals surface area (Å²) < 4.78 is 4.70. The van der Waals surface area contributed by atoms with E-state index in [4.69, 9.17) is 9.84 Å². The summed E-state index contributed by atoms with van der Waals surface area (Å²) >= 11 is 0. The number of phenolic OH excluding ortho intramolecular Hbond substituents is 1. The number of hydrogen-bond acceptors (Lipinski definition) is 5. The molecule has 0 saturated heterocycles. The van der Waals surface area contributed by atoms with Crippen LogP contribution in [0.4, 0.5) is 10.5 Å². The molecule has 0 aliphatic rings. The van der Waals surface area contributed by atoms with E-state index in [-0.39, 0.29) is 5.75 Å². The lowest BCUT2D eigenvalue weighted by Gasteiger charge is -2.19. The number of aromatic hydroxyl groups is 1. The summed E-state index contributed by atoms with van der Waals surface area (Å²) in [5, 5.41) is 30.6. The minimum Gasteiger partial charge on any atom is -0.499 e. The van der Waals surface area contributed by atoms with Crippen molar-refractivity contribution in [2.45, 2.75) is 59.3 Å². The van der Waals surface area contributed by atoms with Crippen LogP contribution in [-0.2, 0) is 19.3 Å². The van der Waals surface area contributed by atoms with Crippen molar-refractivity contribution >= 4 is 11.8 Å². The maximum absolute atomic E-state index is 11.4. The van der Waals surface area contributed by atoms with E-state index in [0.717, 1.165) is 12.0 Å². The van der Waals surface area contributed by atoms with Crippen molar-refractivity contribution in [1.82, 2.24) is 0 Å². The van der Waals surface area contributed by atoms with E-state index in [1.165, 1.54) is 0 Å². The molecule has 0 aliphatic carbocycles. The van der Waals surface area contributed by atoms with Crippen LogP contribution in [0.3, 0.4) is 0 Å². The number of carboxylic acid groups (broad SMARTS) is 1. The first-order valence-electron chi connectivity index (χ1n) is 7.83. The lowest BCUT2D eigenvalue weighted by molar-refractivity contribution is -0.386. The van der Waals surface area contributed by atoms with Crippen LogP contribution in [0, 0.1) is 10.1 Å². The Morgan fingerprint density at radius 3 is 1.96 bits per heavy atom. The first-order valence-corrected chi connectivity index (χ1v) is 7.83. The van der Waals surface area contributed by atoms with E-state index < -0.39 is 22.5 Å². The fourth-order valence-corrected chi connectivity index (χ4v) is 2.83. The van der Waals surface area contributed by atoms with Crippen molar-refractivity contribution in [2.24, 2.45) is 0 Å². The van der Waals surface area contributed by atoms with Gasteiger partial charge in [0.15, 0.2) is 5.75 Å². The quantitative estimate of drug-likeness (QED) is 0.320. The molecule has 0 atom stereocenters. The molecule has 0 fully saturated rings. The number of ether oxygens (including phenoxy) is 1. The Balaban J connectivity index is 3.80. The molecule has 0 aromatic heterocycles. The fourth-order valence-electron chi connectivity index (χ4n) is 2.83. The van der Waals surface area contributed by atoms with Crippen LogP contribution in [0.15, 0.2) is 0 Å². The number of carbonyl (C=O) groups is 1. The molecule has 0 saturated carbocycles. The molecule has 23 heavy (non-hydrogen) atoms. The monoisotopic (exact) mass is 325 g/mol. The summed E-state index contributed by atoms with van der Waals surface area (Å²) in [4.78, 5) is 21.7. The Kier molecular flexibility index (Phi) is 6.81. The number of phenols is 1. The van der Waals surface area contributed by atoms with E-state index >= 15 is 0 Å². The van der Waals surface area contributed by atoms with Crippen LogP contribution in [0.1, 0.15) is 56.7 Å². The van der Waals surface area contributed by atoms with E-state index in [1.54, 1.807) is 0 Å². The highest BCUT2D eigenvalue weighted by Crippen LogP contribution is 2.45. The Morgan fingerprint density at radius 1 is 1.04 bits per heavy atom. The van der Waals surface area contributed by atoms with Crippen molar-refractivity contribution in [1.29, 1.82) is 0 Å². The van der Waals surface area contributed by atoms with Gasteiger partial charge in [0.1, 0.15) is 0 Å². The van der Waals surface area contributed by atoms with E-state index in [0.29, 0.717) is 43.2 Å². The number of nitro groups is 1. The van der Waals surface area contributed by atoms with E-state index in [9.17, 15) is 20.0 Å². The molecule has 7 nitrogen and oxygen atoms in total. The summed E-state index contributed by atoms with van der Waals surface area (Å²) in [6.45, 7) is 5.76. The van der Waals surface area contributed by atoms with Gasteiger partial charge in [-0.2, -0.15) is 0 Å².